The Labute approximate surface area is 219 Å². The molecular weight excluding hydrogens is 468 g/mol. The molecule has 0 atom stereocenters. The number of carboxylic acid groups (broad SMARTS) is 1. The molecule has 0 saturated heterocycles. The minimum atomic E-state index is -1.35. The van der Waals surface area contributed by atoms with Crippen LogP contribution in [0.1, 0.15) is 70.8 Å². The van der Waals surface area contributed by atoms with Gasteiger partial charge in [0.1, 0.15) is 17.2 Å². The SMILES string of the molecule is CC(=O)Oc1c(C)cc(Cc2cc(C)cc(Cc3cc(C)c(OC(C)C)c(C)c3)c2OC(=O)O)cc1C. The first kappa shape index (κ1) is 27.8. The van der Waals surface area contributed by atoms with Crippen molar-refractivity contribution in [2.24, 2.45) is 0 Å². The van der Waals surface area contributed by atoms with Gasteiger partial charge in [0, 0.05) is 19.8 Å². The molecule has 0 radical (unpaired) electrons. The van der Waals surface area contributed by atoms with Gasteiger partial charge < -0.3 is 19.3 Å². The van der Waals surface area contributed by atoms with E-state index in [2.05, 4.69) is 12.1 Å². The Balaban J connectivity index is 2.03. The van der Waals surface area contributed by atoms with Gasteiger partial charge in [-0.25, -0.2) is 4.79 Å². The number of carbonyl (C=O) groups is 2. The van der Waals surface area contributed by atoms with Gasteiger partial charge in [-0.05, 0) is 93.0 Å². The first-order chi connectivity index (χ1) is 17.3. The van der Waals surface area contributed by atoms with Gasteiger partial charge in [-0.2, -0.15) is 0 Å². The van der Waals surface area contributed by atoms with Crippen molar-refractivity contribution in [2.75, 3.05) is 0 Å². The quantitative estimate of drug-likeness (QED) is 0.199. The summed E-state index contributed by atoms with van der Waals surface area (Å²) >= 11 is 0. The maximum Gasteiger partial charge on any atom is 0.511 e. The molecular formula is C31H36O6. The largest absolute Gasteiger partial charge is 0.511 e. The number of carbonyl (C=O) groups excluding carboxylic acids is 1. The molecule has 0 bridgehead atoms. The normalized spacial score (nSPS) is 10.9. The molecule has 0 fully saturated rings. The van der Waals surface area contributed by atoms with E-state index in [4.69, 9.17) is 14.2 Å². The summed E-state index contributed by atoms with van der Waals surface area (Å²) in [6.45, 7) is 15.2. The van der Waals surface area contributed by atoms with E-state index in [-0.39, 0.29) is 12.1 Å². The van der Waals surface area contributed by atoms with Crippen molar-refractivity contribution in [2.45, 2.75) is 74.3 Å². The number of ether oxygens (including phenoxy) is 3. The van der Waals surface area contributed by atoms with Gasteiger partial charge in [0.15, 0.2) is 0 Å². The first-order valence-electron chi connectivity index (χ1n) is 12.4. The fourth-order valence-corrected chi connectivity index (χ4v) is 4.86. The zero-order valence-electron chi connectivity index (χ0n) is 22.9. The van der Waals surface area contributed by atoms with Crippen LogP contribution in [0.5, 0.6) is 17.2 Å². The molecule has 0 heterocycles. The Morgan fingerprint density at radius 2 is 1.14 bits per heavy atom. The number of esters is 1. The summed E-state index contributed by atoms with van der Waals surface area (Å²) in [6, 6.07) is 12.0. The van der Waals surface area contributed by atoms with Gasteiger partial charge in [-0.3, -0.25) is 4.79 Å². The van der Waals surface area contributed by atoms with Crippen molar-refractivity contribution in [3.63, 3.8) is 0 Å². The number of benzene rings is 3. The van der Waals surface area contributed by atoms with Crippen LogP contribution < -0.4 is 14.2 Å². The van der Waals surface area contributed by atoms with Crippen LogP contribution in [0.15, 0.2) is 36.4 Å². The minimum Gasteiger partial charge on any atom is -0.490 e. The van der Waals surface area contributed by atoms with Crippen molar-refractivity contribution in [3.05, 3.63) is 86.5 Å². The highest BCUT2D eigenvalue weighted by Gasteiger charge is 2.18. The monoisotopic (exact) mass is 504 g/mol. The number of rotatable bonds is 8. The van der Waals surface area contributed by atoms with Gasteiger partial charge in [-0.15, -0.1) is 0 Å². The second-order valence-corrected chi connectivity index (χ2v) is 10.0. The summed E-state index contributed by atoms with van der Waals surface area (Å²) < 4.78 is 16.7. The van der Waals surface area contributed by atoms with Gasteiger partial charge in [0.05, 0.1) is 6.10 Å². The smallest absolute Gasteiger partial charge is 0.490 e. The molecule has 1 N–H and O–H groups in total. The van der Waals surface area contributed by atoms with Crippen molar-refractivity contribution >= 4 is 12.1 Å². The van der Waals surface area contributed by atoms with E-state index in [1.807, 2.05) is 72.7 Å². The van der Waals surface area contributed by atoms with Crippen molar-refractivity contribution in [1.82, 2.24) is 0 Å². The summed E-state index contributed by atoms with van der Waals surface area (Å²) in [5.41, 5.74) is 8.38. The molecule has 196 valence electrons. The Kier molecular flexibility index (Phi) is 8.64. The van der Waals surface area contributed by atoms with Gasteiger partial charge in [0.2, 0.25) is 0 Å². The molecule has 0 aliphatic rings. The van der Waals surface area contributed by atoms with Crippen LogP contribution in [-0.2, 0) is 17.6 Å². The van der Waals surface area contributed by atoms with Gasteiger partial charge >= 0.3 is 12.1 Å². The summed E-state index contributed by atoms with van der Waals surface area (Å²) in [5.74, 6) is 1.43. The number of aryl methyl sites for hydroxylation is 5. The average molecular weight is 505 g/mol. The van der Waals surface area contributed by atoms with E-state index in [1.165, 1.54) is 6.92 Å². The Hall–Kier alpha value is -3.80. The summed E-state index contributed by atoms with van der Waals surface area (Å²) in [6.07, 6.45) is -0.284. The topological polar surface area (TPSA) is 82.1 Å². The lowest BCUT2D eigenvalue weighted by Gasteiger charge is -2.19. The maximum absolute atomic E-state index is 11.7. The van der Waals surface area contributed by atoms with Crippen LogP contribution in [-0.4, -0.2) is 23.3 Å². The Morgan fingerprint density at radius 1 is 0.703 bits per heavy atom. The van der Waals surface area contributed by atoms with E-state index in [0.717, 1.165) is 55.8 Å². The first-order valence-corrected chi connectivity index (χ1v) is 12.4. The maximum atomic E-state index is 11.7. The van der Waals surface area contributed by atoms with Gasteiger partial charge in [0.25, 0.3) is 0 Å². The molecule has 0 aromatic heterocycles. The zero-order chi connectivity index (χ0) is 27.4. The third kappa shape index (κ3) is 7.13. The van der Waals surface area contributed by atoms with E-state index in [9.17, 15) is 14.7 Å². The third-order valence-electron chi connectivity index (χ3n) is 6.01. The highest BCUT2D eigenvalue weighted by atomic mass is 16.7. The second kappa shape index (κ2) is 11.5. The lowest BCUT2D eigenvalue weighted by molar-refractivity contribution is -0.131. The summed E-state index contributed by atoms with van der Waals surface area (Å²) in [5, 5.41) is 9.55. The molecule has 3 aromatic carbocycles. The van der Waals surface area contributed by atoms with Crippen LogP contribution in [0.2, 0.25) is 0 Å². The van der Waals surface area contributed by atoms with Crippen molar-refractivity contribution < 1.29 is 28.9 Å². The molecule has 0 unspecified atom stereocenters. The van der Waals surface area contributed by atoms with Crippen molar-refractivity contribution in [1.29, 1.82) is 0 Å². The standard InChI is InChI=1S/C31H36O6/c1-17(2)35-28-19(4)11-24(12-20(28)5)15-26-9-18(3)10-27(30(26)37-31(33)34)16-25-13-21(6)29(22(7)14-25)36-23(8)32/h9-14,17H,15-16H2,1-8H3,(H,33,34). The fraction of sp³-hybridized carbons (Fsp3) is 0.355. The predicted molar refractivity (Wildman–Crippen MR) is 144 cm³/mol. The van der Waals surface area contributed by atoms with Crippen LogP contribution in [0.25, 0.3) is 0 Å². The third-order valence-corrected chi connectivity index (χ3v) is 6.01. The van der Waals surface area contributed by atoms with E-state index >= 15 is 0 Å². The predicted octanol–water partition coefficient (Wildman–Crippen LogP) is 7.18. The second-order valence-electron chi connectivity index (χ2n) is 10.0. The summed E-state index contributed by atoms with van der Waals surface area (Å²) in [4.78, 5) is 23.2. The van der Waals surface area contributed by atoms with E-state index in [1.54, 1.807) is 0 Å². The molecule has 3 rings (SSSR count). The zero-order valence-corrected chi connectivity index (χ0v) is 22.9. The molecule has 3 aromatic rings. The lowest BCUT2D eigenvalue weighted by atomic mass is 9.93. The molecule has 37 heavy (non-hydrogen) atoms. The van der Waals surface area contributed by atoms with Crippen LogP contribution in [0.4, 0.5) is 4.79 Å². The molecule has 0 saturated carbocycles. The molecule has 6 heteroatoms. The van der Waals surface area contributed by atoms with Crippen LogP contribution >= 0.6 is 0 Å². The number of hydrogen-bond acceptors (Lipinski definition) is 5. The summed E-state index contributed by atoms with van der Waals surface area (Å²) in [7, 11) is 0. The lowest BCUT2D eigenvalue weighted by Crippen LogP contribution is -2.10. The molecule has 0 amide bonds. The van der Waals surface area contributed by atoms with Crippen LogP contribution in [0, 0.1) is 34.6 Å². The number of hydrogen-bond donors (Lipinski definition) is 1. The molecule has 6 nitrogen and oxygen atoms in total. The molecule has 0 aliphatic carbocycles. The van der Waals surface area contributed by atoms with Crippen LogP contribution in [0.3, 0.4) is 0 Å². The van der Waals surface area contributed by atoms with Crippen molar-refractivity contribution in [3.8, 4) is 17.2 Å². The highest BCUT2D eigenvalue weighted by molar-refractivity contribution is 5.70. The molecule has 0 aliphatic heterocycles. The average Bonchev–Trinajstić information content (AvgIpc) is 2.75. The van der Waals surface area contributed by atoms with Gasteiger partial charge in [-0.1, -0.05) is 42.0 Å². The Morgan fingerprint density at radius 3 is 1.51 bits per heavy atom. The molecule has 0 spiro atoms. The Bertz CT molecular complexity index is 1290. The van der Waals surface area contributed by atoms with E-state index in [0.29, 0.717) is 24.3 Å². The minimum absolute atomic E-state index is 0.0773. The van der Waals surface area contributed by atoms with E-state index < -0.39 is 6.16 Å². The fourth-order valence-electron chi connectivity index (χ4n) is 4.86. The highest BCUT2D eigenvalue weighted by Crippen LogP contribution is 2.34.